The van der Waals surface area contributed by atoms with Crippen LogP contribution in [0.2, 0.25) is 15.1 Å². The number of carbonyl (C=O) groups is 1. The van der Waals surface area contributed by atoms with E-state index >= 15 is 0 Å². The molecule has 1 aromatic carbocycles. The Kier molecular flexibility index (Phi) is 5.58. The molecule has 0 fully saturated rings. The molecule has 0 aliphatic heterocycles. The van der Waals surface area contributed by atoms with E-state index in [1.54, 1.807) is 6.07 Å². The Morgan fingerprint density at radius 1 is 1.42 bits per heavy atom. The van der Waals surface area contributed by atoms with Gasteiger partial charge in [-0.2, -0.15) is 10.4 Å². The third-order valence-corrected chi connectivity index (χ3v) is 4.34. The lowest BCUT2D eigenvalue weighted by atomic mass is 10.1. The van der Waals surface area contributed by atoms with E-state index in [4.69, 9.17) is 41.2 Å². The van der Waals surface area contributed by atoms with Gasteiger partial charge in [-0.1, -0.05) is 40.7 Å². The van der Waals surface area contributed by atoms with Crippen LogP contribution in [0.25, 0.3) is 5.69 Å². The molecule has 0 radical (unpaired) electrons. The smallest absolute Gasteiger partial charge is 0.408 e. The number of hydrogen-bond donors (Lipinski definition) is 1. The molecule has 0 aliphatic carbocycles. The van der Waals surface area contributed by atoms with Gasteiger partial charge < -0.3 is 10.1 Å². The van der Waals surface area contributed by atoms with Crippen molar-refractivity contribution in [3.8, 4) is 24.1 Å². The zero-order valence-electron chi connectivity index (χ0n) is 12.2. The summed E-state index contributed by atoms with van der Waals surface area (Å²) in [6.45, 7) is 0. The fourth-order valence-electron chi connectivity index (χ4n) is 1.96. The first-order chi connectivity index (χ1) is 11.4. The summed E-state index contributed by atoms with van der Waals surface area (Å²) < 4.78 is 5.86. The maximum atomic E-state index is 11.5. The third kappa shape index (κ3) is 3.27. The van der Waals surface area contributed by atoms with Gasteiger partial charge in [0.25, 0.3) is 0 Å². The molecule has 2 aromatic rings. The second-order valence-corrected chi connectivity index (χ2v) is 5.56. The zero-order valence-corrected chi connectivity index (χ0v) is 14.4. The summed E-state index contributed by atoms with van der Waals surface area (Å²) in [7, 11) is 1.20. The van der Waals surface area contributed by atoms with Gasteiger partial charge in [0.1, 0.15) is 12.1 Å². The quantitative estimate of drug-likeness (QED) is 0.647. The van der Waals surface area contributed by atoms with Crippen LogP contribution < -0.4 is 5.32 Å². The highest BCUT2D eigenvalue weighted by Crippen LogP contribution is 2.35. The molecular weight excluding hydrogens is 375 g/mol. The van der Waals surface area contributed by atoms with Gasteiger partial charge in [-0.3, -0.25) is 0 Å². The van der Waals surface area contributed by atoms with E-state index < -0.39 is 12.1 Å². The molecule has 24 heavy (non-hydrogen) atoms. The van der Waals surface area contributed by atoms with Gasteiger partial charge >= 0.3 is 6.09 Å². The molecule has 0 aliphatic rings. The van der Waals surface area contributed by atoms with Crippen molar-refractivity contribution in [2.24, 2.45) is 0 Å². The summed E-state index contributed by atoms with van der Waals surface area (Å²) in [5, 5.41) is 16.4. The van der Waals surface area contributed by atoms with E-state index in [-0.39, 0.29) is 26.3 Å². The molecule has 1 heterocycles. The predicted molar refractivity (Wildman–Crippen MR) is 90.4 cm³/mol. The lowest BCUT2D eigenvalue weighted by Crippen LogP contribution is -2.29. The van der Waals surface area contributed by atoms with E-state index in [2.05, 4.69) is 21.1 Å². The van der Waals surface area contributed by atoms with Gasteiger partial charge in [-0.25, -0.2) is 9.48 Å². The number of nitrogens with one attached hydrogen (secondary N) is 1. The molecule has 0 spiro atoms. The summed E-state index contributed by atoms with van der Waals surface area (Å²) in [6.07, 6.45) is 6.03. The Morgan fingerprint density at radius 3 is 2.71 bits per heavy atom. The predicted octanol–water partition coefficient (Wildman–Crippen LogP) is 3.73. The van der Waals surface area contributed by atoms with Crippen LogP contribution in [0.15, 0.2) is 18.3 Å². The van der Waals surface area contributed by atoms with Crippen molar-refractivity contribution in [3.63, 3.8) is 0 Å². The maximum absolute atomic E-state index is 11.5. The topological polar surface area (TPSA) is 79.9 Å². The van der Waals surface area contributed by atoms with Crippen molar-refractivity contribution < 1.29 is 9.53 Å². The van der Waals surface area contributed by atoms with Crippen LogP contribution in [-0.4, -0.2) is 23.0 Å². The molecule has 1 amide bonds. The number of halogens is 3. The average Bonchev–Trinajstić information content (AvgIpc) is 3.01. The second-order valence-electron chi connectivity index (χ2n) is 4.40. The van der Waals surface area contributed by atoms with Crippen LogP contribution in [0.4, 0.5) is 4.79 Å². The number of rotatable bonds is 3. The van der Waals surface area contributed by atoms with Gasteiger partial charge in [-0.15, -0.1) is 6.42 Å². The fourth-order valence-corrected chi connectivity index (χ4v) is 2.57. The maximum Gasteiger partial charge on any atom is 0.408 e. The minimum absolute atomic E-state index is 0.131. The van der Waals surface area contributed by atoms with E-state index in [9.17, 15) is 10.1 Å². The molecular formula is C15H9Cl3N4O2. The highest BCUT2D eigenvalue weighted by Gasteiger charge is 2.24. The standard InChI is InChI=1S/C15H9Cl3N4O2/c1-3-10(21-15(23)24-2)14-8(6-19)7-20-22(14)11-5-4-9(16)12(17)13(11)18/h1,4-5,7,10H,2H3,(H,21,23). The Balaban J connectivity index is 2.64. The number of nitriles is 1. The van der Waals surface area contributed by atoms with Gasteiger partial charge in [0.2, 0.25) is 0 Å². The number of terminal acetylenes is 1. The van der Waals surface area contributed by atoms with E-state index in [1.807, 2.05) is 6.07 Å². The number of ether oxygens (including phenoxy) is 1. The number of aromatic nitrogens is 2. The van der Waals surface area contributed by atoms with Crippen LogP contribution in [-0.2, 0) is 4.74 Å². The zero-order chi connectivity index (χ0) is 17.9. The first-order valence-corrected chi connectivity index (χ1v) is 7.50. The molecule has 122 valence electrons. The number of carbonyl (C=O) groups excluding carboxylic acids is 1. The first-order valence-electron chi connectivity index (χ1n) is 6.37. The number of amides is 1. The molecule has 0 saturated heterocycles. The van der Waals surface area contributed by atoms with Crippen molar-refractivity contribution >= 4 is 40.9 Å². The molecule has 1 N–H and O–H groups in total. The van der Waals surface area contributed by atoms with Gasteiger partial charge in [0.05, 0.1) is 45.3 Å². The number of hydrogen-bond acceptors (Lipinski definition) is 4. The Morgan fingerprint density at radius 2 is 2.12 bits per heavy atom. The van der Waals surface area contributed by atoms with E-state index in [1.165, 1.54) is 24.1 Å². The number of alkyl carbamates (subject to hydrolysis) is 1. The number of nitrogens with zero attached hydrogens (tertiary/aromatic N) is 3. The Hall–Kier alpha value is -2.38. The largest absolute Gasteiger partial charge is 0.453 e. The number of methoxy groups -OCH3 is 1. The Bertz CT molecular complexity index is 880. The average molecular weight is 384 g/mol. The number of benzene rings is 1. The fraction of sp³-hybridized carbons (Fsp3) is 0.133. The summed E-state index contributed by atoms with van der Waals surface area (Å²) in [5.41, 5.74) is 0.761. The minimum atomic E-state index is -0.972. The highest BCUT2D eigenvalue weighted by atomic mass is 35.5. The van der Waals surface area contributed by atoms with Crippen LogP contribution in [0.1, 0.15) is 17.3 Å². The van der Waals surface area contributed by atoms with E-state index in [0.717, 1.165) is 0 Å². The molecule has 0 saturated carbocycles. The molecule has 0 bridgehead atoms. The summed E-state index contributed by atoms with van der Waals surface area (Å²) in [6, 6.07) is 4.09. The monoisotopic (exact) mass is 382 g/mol. The van der Waals surface area contributed by atoms with Gasteiger partial charge in [-0.05, 0) is 12.1 Å². The normalized spacial score (nSPS) is 11.2. The molecule has 1 unspecified atom stereocenters. The summed E-state index contributed by atoms with van der Waals surface area (Å²) in [5.74, 6) is 2.37. The van der Waals surface area contributed by atoms with Crippen LogP contribution in [0, 0.1) is 23.7 Å². The van der Waals surface area contributed by atoms with Crippen LogP contribution in [0.3, 0.4) is 0 Å². The van der Waals surface area contributed by atoms with Crippen molar-refractivity contribution in [2.75, 3.05) is 7.11 Å². The SMILES string of the molecule is C#CC(NC(=O)OC)c1c(C#N)cnn1-c1ccc(Cl)c(Cl)c1Cl. The lowest BCUT2D eigenvalue weighted by molar-refractivity contribution is 0.169. The molecule has 2 rings (SSSR count). The molecule has 1 atom stereocenters. The minimum Gasteiger partial charge on any atom is -0.453 e. The van der Waals surface area contributed by atoms with Crippen molar-refractivity contribution in [1.29, 1.82) is 5.26 Å². The van der Waals surface area contributed by atoms with Crippen molar-refractivity contribution in [1.82, 2.24) is 15.1 Å². The van der Waals surface area contributed by atoms with Crippen molar-refractivity contribution in [2.45, 2.75) is 6.04 Å². The summed E-state index contributed by atoms with van der Waals surface area (Å²) in [4.78, 5) is 11.5. The highest BCUT2D eigenvalue weighted by molar-refractivity contribution is 6.48. The Labute approximate surface area is 152 Å². The molecule has 9 heteroatoms. The second kappa shape index (κ2) is 7.46. The third-order valence-electron chi connectivity index (χ3n) is 3.06. The summed E-state index contributed by atoms with van der Waals surface area (Å²) >= 11 is 18.2. The van der Waals surface area contributed by atoms with E-state index in [0.29, 0.717) is 5.69 Å². The molecule has 6 nitrogen and oxygen atoms in total. The lowest BCUT2D eigenvalue weighted by Gasteiger charge is -2.16. The first kappa shape index (κ1) is 18.0. The van der Waals surface area contributed by atoms with Crippen molar-refractivity contribution in [3.05, 3.63) is 44.7 Å². The molecule has 1 aromatic heterocycles. The van der Waals surface area contributed by atoms with Gasteiger partial charge in [0.15, 0.2) is 0 Å². The van der Waals surface area contributed by atoms with Crippen LogP contribution in [0.5, 0.6) is 0 Å². The van der Waals surface area contributed by atoms with Crippen LogP contribution >= 0.6 is 34.8 Å². The van der Waals surface area contributed by atoms with Gasteiger partial charge in [0, 0.05) is 0 Å².